The van der Waals surface area contributed by atoms with Crippen molar-refractivity contribution in [1.82, 2.24) is 20.2 Å². The molecule has 0 atom stereocenters. The van der Waals surface area contributed by atoms with Crippen LogP contribution in [0.5, 0.6) is 5.88 Å². The molecule has 2 amide bonds. The lowest BCUT2D eigenvalue weighted by atomic mass is 10.4. The summed E-state index contributed by atoms with van der Waals surface area (Å²) in [6.45, 7) is 6.81. The number of nitrogens with one attached hydrogen (secondary N) is 2. The maximum absolute atomic E-state index is 11.3. The molecule has 0 aromatic carbocycles. The molecule has 0 spiro atoms. The van der Waals surface area contributed by atoms with E-state index in [1.807, 2.05) is 20.8 Å². The molecular formula is C13H23N5O2. The van der Waals surface area contributed by atoms with E-state index in [9.17, 15) is 4.79 Å². The lowest BCUT2D eigenvalue weighted by Crippen LogP contribution is -2.37. The van der Waals surface area contributed by atoms with E-state index in [2.05, 4.69) is 20.6 Å². The van der Waals surface area contributed by atoms with Crippen LogP contribution in [0.3, 0.4) is 0 Å². The van der Waals surface area contributed by atoms with E-state index in [1.165, 1.54) is 4.90 Å². The molecule has 1 rings (SSSR count). The molecule has 0 aliphatic carbocycles. The Balaban J connectivity index is 2.47. The van der Waals surface area contributed by atoms with Crippen molar-refractivity contribution >= 4 is 12.0 Å². The zero-order valence-corrected chi connectivity index (χ0v) is 12.7. The van der Waals surface area contributed by atoms with Crippen LogP contribution in [-0.4, -0.2) is 54.2 Å². The topological polar surface area (TPSA) is 79.4 Å². The number of carbonyl (C=O) groups is 1. The van der Waals surface area contributed by atoms with Gasteiger partial charge in [0.1, 0.15) is 0 Å². The Labute approximate surface area is 119 Å². The number of aromatic nitrogens is 2. The van der Waals surface area contributed by atoms with Gasteiger partial charge in [-0.25, -0.2) is 9.78 Å². The van der Waals surface area contributed by atoms with Crippen molar-refractivity contribution in [3.8, 4) is 5.88 Å². The molecule has 0 radical (unpaired) electrons. The number of urea groups is 1. The van der Waals surface area contributed by atoms with Crippen molar-refractivity contribution in [3.05, 3.63) is 11.8 Å². The van der Waals surface area contributed by atoms with Crippen molar-refractivity contribution in [2.75, 3.05) is 32.5 Å². The van der Waals surface area contributed by atoms with Crippen LogP contribution in [0.4, 0.5) is 10.7 Å². The maximum Gasteiger partial charge on any atom is 0.316 e. The van der Waals surface area contributed by atoms with Crippen LogP contribution in [0.1, 0.15) is 19.5 Å². The first kappa shape index (κ1) is 16.0. The van der Waals surface area contributed by atoms with Crippen molar-refractivity contribution < 1.29 is 9.53 Å². The van der Waals surface area contributed by atoms with Crippen molar-refractivity contribution in [3.63, 3.8) is 0 Å². The Bertz CT molecular complexity index is 448. The maximum atomic E-state index is 11.3. The number of rotatable bonds is 6. The van der Waals surface area contributed by atoms with E-state index in [-0.39, 0.29) is 12.1 Å². The number of hydrogen-bond donors (Lipinski definition) is 2. The Hall–Kier alpha value is -2.05. The van der Waals surface area contributed by atoms with Crippen LogP contribution in [0.25, 0.3) is 0 Å². The summed E-state index contributed by atoms with van der Waals surface area (Å²) >= 11 is 0. The van der Waals surface area contributed by atoms with Crippen LogP contribution >= 0.6 is 0 Å². The summed E-state index contributed by atoms with van der Waals surface area (Å²) in [4.78, 5) is 21.3. The second-order valence-electron chi connectivity index (χ2n) is 4.89. The molecule has 20 heavy (non-hydrogen) atoms. The van der Waals surface area contributed by atoms with Gasteiger partial charge in [0.25, 0.3) is 0 Å². The smallest absolute Gasteiger partial charge is 0.316 e. The van der Waals surface area contributed by atoms with E-state index in [1.54, 1.807) is 20.2 Å². The monoisotopic (exact) mass is 281 g/mol. The molecule has 0 fully saturated rings. The van der Waals surface area contributed by atoms with Gasteiger partial charge in [0, 0.05) is 38.9 Å². The normalized spacial score (nSPS) is 10.3. The van der Waals surface area contributed by atoms with Gasteiger partial charge in [0.2, 0.25) is 11.8 Å². The van der Waals surface area contributed by atoms with Crippen molar-refractivity contribution in [1.29, 1.82) is 0 Å². The molecule has 0 unspecified atom stereocenters. The minimum absolute atomic E-state index is 0.0662. The number of hydrogen-bond acceptors (Lipinski definition) is 5. The zero-order valence-electron chi connectivity index (χ0n) is 12.7. The summed E-state index contributed by atoms with van der Waals surface area (Å²) in [6, 6.07) is 1.67. The molecule has 112 valence electrons. The van der Waals surface area contributed by atoms with Gasteiger partial charge in [-0.15, -0.1) is 0 Å². The average molecular weight is 281 g/mol. The van der Waals surface area contributed by atoms with E-state index < -0.39 is 0 Å². The Morgan fingerprint density at radius 3 is 2.65 bits per heavy atom. The fraction of sp³-hybridized carbons (Fsp3) is 0.615. The van der Waals surface area contributed by atoms with E-state index in [0.717, 1.165) is 5.69 Å². The lowest BCUT2D eigenvalue weighted by molar-refractivity contribution is 0.218. The molecule has 2 N–H and O–H groups in total. The van der Waals surface area contributed by atoms with Crippen LogP contribution in [0, 0.1) is 6.92 Å². The van der Waals surface area contributed by atoms with E-state index in [0.29, 0.717) is 24.9 Å². The average Bonchev–Trinajstić information content (AvgIpc) is 2.32. The minimum Gasteiger partial charge on any atom is -0.475 e. The SMILES string of the molecule is Cc1cc(OC(C)C)nc(NCCNC(=O)N(C)C)n1. The van der Waals surface area contributed by atoms with Crippen LogP contribution in [0.2, 0.25) is 0 Å². The summed E-state index contributed by atoms with van der Waals surface area (Å²) in [5.41, 5.74) is 0.829. The molecule has 1 aromatic rings. The van der Waals surface area contributed by atoms with E-state index >= 15 is 0 Å². The largest absolute Gasteiger partial charge is 0.475 e. The van der Waals surface area contributed by atoms with Gasteiger partial charge in [-0.3, -0.25) is 0 Å². The first-order chi connectivity index (χ1) is 9.38. The van der Waals surface area contributed by atoms with E-state index in [4.69, 9.17) is 4.74 Å². The fourth-order valence-corrected chi connectivity index (χ4v) is 1.42. The molecule has 0 aliphatic heterocycles. The van der Waals surface area contributed by atoms with Gasteiger partial charge in [-0.2, -0.15) is 4.98 Å². The number of carbonyl (C=O) groups excluding carboxylic acids is 1. The molecule has 7 nitrogen and oxygen atoms in total. The third-order valence-corrected chi connectivity index (χ3v) is 2.28. The predicted molar refractivity (Wildman–Crippen MR) is 78.1 cm³/mol. The first-order valence-corrected chi connectivity index (χ1v) is 6.60. The van der Waals surface area contributed by atoms with Crippen molar-refractivity contribution in [2.45, 2.75) is 26.9 Å². The Morgan fingerprint density at radius 1 is 1.35 bits per heavy atom. The quantitative estimate of drug-likeness (QED) is 0.767. The van der Waals surface area contributed by atoms with Gasteiger partial charge in [-0.1, -0.05) is 0 Å². The summed E-state index contributed by atoms with van der Waals surface area (Å²) in [5.74, 6) is 1.05. The molecule has 0 aliphatic rings. The third kappa shape index (κ3) is 5.73. The van der Waals surface area contributed by atoms with Crippen molar-refractivity contribution in [2.24, 2.45) is 0 Å². The first-order valence-electron chi connectivity index (χ1n) is 6.60. The summed E-state index contributed by atoms with van der Waals surface area (Å²) in [5, 5.41) is 5.81. The second kappa shape index (κ2) is 7.52. The Kier molecular flexibility index (Phi) is 6.02. The lowest BCUT2D eigenvalue weighted by Gasteiger charge is -2.13. The van der Waals surface area contributed by atoms with Gasteiger partial charge in [-0.05, 0) is 20.8 Å². The fourth-order valence-electron chi connectivity index (χ4n) is 1.42. The number of aryl methyl sites for hydroxylation is 1. The highest BCUT2D eigenvalue weighted by atomic mass is 16.5. The zero-order chi connectivity index (χ0) is 15.1. The molecule has 7 heteroatoms. The minimum atomic E-state index is -0.124. The third-order valence-electron chi connectivity index (χ3n) is 2.28. The van der Waals surface area contributed by atoms with Gasteiger partial charge in [0.05, 0.1) is 6.10 Å². The van der Waals surface area contributed by atoms with Crippen LogP contribution in [-0.2, 0) is 0 Å². The molecule has 1 heterocycles. The molecule has 0 bridgehead atoms. The summed E-state index contributed by atoms with van der Waals surface area (Å²) < 4.78 is 5.54. The molecule has 0 saturated heterocycles. The molecular weight excluding hydrogens is 258 g/mol. The predicted octanol–water partition coefficient (Wildman–Crippen LogP) is 1.26. The summed E-state index contributed by atoms with van der Waals surface area (Å²) in [6.07, 6.45) is 0.0662. The number of amides is 2. The Morgan fingerprint density at radius 2 is 2.05 bits per heavy atom. The number of nitrogens with zero attached hydrogens (tertiary/aromatic N) is 3. The number of ether oxygens (including phenoxy) is 1. The molecule has 1 aromatic heterocycles. The van der Waals surface area contributed by atoms with Crippen LogP contribution < -0.4 is 15.4 Å². The van der Waals surface area contributed by atoms with Gasteiger partial charge < -0.3 is 20.3 Å². The standard InChI is InChI=1S/C13H23N5O2/c1-9(2)20-11-8-10(3)16-12(17-11)14-6-7-15-13(19)18(4)5/h8-9H,6-7H2,1-5H3,(H,15,19)(H,14,16,17). The molecule has 0 saturated carbocycles. The second-order valence-corrected chi connectivity index (χ2v) is 4.89. The highest BCUT2D eigenvalue weighted by Gasteiger charge is 2.05. The van der Waals surface area contributed by atoms with Gasteiger partial charge in [0.15, 0.2) is 0 Å². The highest BCUT2D eigenvalue weighted by Crippen LogP contribution is 2.13. The highest BCUT2D eigenvalue weighted by molar-refractivity contribution is 5.73. The van der Waals surface area contributed by atoms with Gasteiger partial charge >= 0.3 is 6.03 Å². The van der Waals surface area contributed by atoms with Crippen LogP contribution in [0.15, 0.2) is 6.07 Å². The number of anilines is 1. The summed E-state index contributed by atoms with van der Waals surface area (Å²) in [7, 11) is 3.39.